The van der Waals surface area contributed by atoms with E-state index in [1.165, 1.54) is 6.33 Å². The third-order valence-corrected chi connectivity index (χ3v) is 4.99. The molecule has 0 saturated carbocycles. The fraction of sp³-hybridized carbons (Fsp3) is 0.174. The first kappa shape index (κ1) is 20.2. The topological polar surface area (TPSA) is 97.1 Å². The first-order valence-electron chi connectivity index (χ1n) is 9.95. The van der Waals surface area contributed by atoms with Gasteiger partial charge in [-0.3, -0.25) is 15.1 Å². The summed E-state index contributed by atoms with van der Waals surface area (Å²) in [4.78, 5) is 26.5. The van der Waals surface area contributed by atoms with Crippen molar-refractivity contribution in [3.63, 3.8) is 0 Å². The molecule has 31 heavy (non-hydrogen) atoms. The van der Waals surface area contributed by atoms with Crippen LogP contribution in [0.4, 0.5) is 28.7 Å². The highest BCUT2D eigenvalue weighted by Crippen LogP contribution is 2.38. The summed E-state index contributed by atoms with van der Waals surface area (Å²) in [6, 6.07) is 17.3. The summed E-state index contributed by atoms with van der Waals surface area (Å²) in [5.41, 5.74) is 4.11. The predicted molar refractivity (Wildman–Crippen MR) is 122 cm³/mol. The lowest BCUT2D eigenvalue weighted by molar-refractivity contribution is -0.383. The highest BCUT2D eigenvalue weighted by Gasteiger charge is 2.27. The summed E-state index contributed by atoms with van der Waals surface area (Å²) in [5.74, 6) is 0.374. The Bertz CT molecular complexity index is 1270. The first-order chi connectivity index (χ1) is 15.0. The summed E-state index contributed by atoms with van der Waals surface area (Å²) in [6.45, 7) is 6.35. The van der Waals surface area contributed by atoms with Gasteiger partial charge in [0.1, 0.15) is 6.33 Å². The molecule has 0 aliphatic heterocycles. The van der Waals surface area contributed by atoms with Crippen LogP contribution in [0.5, 0.6) is 0 Å². The van der Waals surface area contributed by atoms with Crippen molar-refractivity contribution in [3.05, 3.63) is 82.3 Å². The van der Waals surface area contributed by atoms with Crippen molar-refractivity contribution in [3.8, 4) is 0 Å². The van der Waals surface area contributed by atoms with Crippen LogP contribution in [-0.4, -0.2) is 26.4 Å². The molecule has 0 saturated heterocycles. The minimum absolute atomic E-state index is 0.133. The fourth-order valence-electron chi connectivity index (χ4n) is 3.57. The molecule has 2 aromatic heterocycles. The van der Waals surface area contributed by atoms with E-state index in [0.717, 1.165) is 27.8 Å². The lowest BCUT2D eigenvalue weighted by atomic mass is 10.1. The minimum atomic E-state index is -0.441. The maximum absolute atomic E-state index is 12.1. The Balaban J connectivity index is 1.83. The molecule has 0 radical (unpaired) electrons. The van der Waals surface area contributed by atoms with Gasteiger partial charge in [0, 0.05) is 29.0 Å². The van der Waals surface area contributed by atoms with Gasteiger partial charge in [0.05, 0.1) is 10.4 Å². The van der Waals surface area contributed by atoms with Gasteiger partial charge < -0.3 is 10.2 Å². The second kappa shape index (κ2) is 8.35. The maximum Gasteiger partial charge on any atom is 0.354 e. The number of aromatic nitrogens is 3. The number of hydrogen-bond acceptors (Lipinski definition) is 7. The predicted octanol–water partition coefficient (Wildman–Crippen LogP) is 5.45. The zero-order valence-electron chi connectivity index (χ0n) is 17.5. The number of pyridine rings is 1. The van der Waals surface area contributed by atoms with Gasteiger partial charge in [-0.25, -0.2) is 9.97 Å². The normalized spacial score (nSPS) is 10.8. The molecule has 0 spiro atoms. The maximum atomic E-state index is 12.1. The Morgan fingerprint density at radius 1 is 1.06 bits per heavy atom. The van der Waals surface area contributed by atoms with Crippen LogP contribution < -0.4 is 10.2 Å². The summed E-state index contributed by atoms with van der Waals surface area (Å²) in [5, 5.41) is 16.1. The number of nitrogens with zero attached hydrogens (tertiary/aromatic N) is 5. The van der Waals surface area contributed by atoms with E-state index >= 15 is 0 Å². The fourth-order valence-corrected chi connectivity index (χ4v) is 3.57. The van der Waals surface area contributed by atoms with Crippen molar-refractivity contribution >= 4 is 39.6 Å². The molecule has 0 aliphatic carbocycles. The number of nitro groups is 1. The SMILES string of the molecule is CCN(c1cccc(C)c1)c1ncnc(Nc2cccc3nc(C)ccc23)c1[N+](=O)[O-]. The van der Waals surface area contributed by atoms with E-state index in [0.29, 0.717) is 12.2 Å². The Morgan fingerprint density at radius 3 is 2.61 bits per heavy atom. The first-order valence-corrected chi connectivity index (χ1v) is 9.95. The van der Waals surface area contributed by atoms with E-state index < -0.39 is 4.92 Å². The van der Waals surface area contributed by atoms with Crippen molar-refractivity contribution in [1.29, 1.82) is 0 Å². The molecular weight excluding hydrogens is 392 g/mol. The lowest BCUT2D eigenvalue weighted by Crippen LogP contribution is -2.20. The number of hydrogen-bond donors (Lipinski definition) is 1. The molecule has 0 aliphatic rings. The van der Waals surface area contributed by atoms with E-state index in [1.54, 1.807) is 0 Å². The zero-order valence-corrected chi connectivity index (χ0v) is 17.5. The van der Waals surface area contributed by atoms with Gasteiger partial charge in [0.15, 0.2) is 0 Å². The Morgan fingerprint density at radius 2 is 1.87 bits per heavy atom. The second-order valence-electron chi connectivity index (χ2n) is 7.18. The minimum Gasteiger partial charge on any atom is -0.334 e. The van der Waals surface area contributed by atoms with Crippen LogP contribution in [0.3, 0.4) is 0 Å². The van der Waals surface area contributed by atoms with Gasteiger partial charge in [-0.05, 0) is 62.7 Å². The summed E-state index contributed by atoms with van der Waals surface area (Å²) in [6.07, 6.45) is 1.34. The smallest absolute Gasteiger partial charge is 0.334 e. The molecular formula is C23H22N6O2. The van der Waals surface area contributed by atoms with Crippen molar-refractivity contribution in [1.82, 2.24) is 15.0 Å². The largest absolute Gasteiger partial charge is 0.354 e. The van der Waals surface area contributed by atoms with Gasteiger partial charge in [0.2, 0.25) is 11.6 Å². The van der Waals surface area contributed by atoms with Gasteiger partial charge >= 0.3 is 5.69 Å². The molecule has 4 rings (SSSR count). The van der Waals surface area contributed by atoms with Crippen LogP contribution in [0.1, 0.15) is 18.2 Å². The molecule has 0 unspecified atom stereocenters. The molecule has 0 bridgehead atoms. The van der Waals surface area contributed by atoms with Crippen molar-refractivity contribution in [2.45, 2.75) is 20.8 Å². The van der Waals surface area contributed by atoms with E-state index in [-0.39, 0.29) is 17.3 Å². The molecule has 2 heterocycles. The molecule has 4 aromatic rings. The number of rotatable bonds is 6. The third-order valence-electron chi connectivity index (χ3n) is 4.99. The summed E-state index contributed by atoms with van der Waals surface area (Å²) >= 11 is 0. The molecule has 0 amide bonds. The number of benzene rings is 2. The van der Waals surface area contributed by atoms with Crippen molar-refractivity contribution < 1.29 is 4.92 Å². The average molecular weight is 414 g/mol. The summed E-state index contributed by atoms with van der Waals surface area (Å²) in [7, 11) is 0. The molecule has 0 atom stereocenters. The molecule has 0 fully saturated rings. The van der Waals surface area contributed by atoms with Gasteiger partial charge in [-0.15, -0.1) is 0 Å². The second-order valence-corrected chi connectivity index (χ2v) is 7.18. The number of aryl methyl sites for hydroxylation is 2. The van der Waals surface area contributed by atoms with Crippen LogP contribution in [-0.2, 0) is 0 Å². The zero-order chi connectivity index (χ0) is 22.0. The average Bonchev–Trinajstić information content (AvgIpc) is 2.74. The Kier molecular flexibility index (Phi) is 5.44. The number of anilines is 4. The van der Waals surface area contributed by atoms with Crippen LogP contribution in [0.2, 0.25) is 0 Å². The lowest BCUT2D eigenvalue weighted by Gasteiger charge is -2.22. The molecule has 8 heteroatoms. The molecule has 156 valence electrons. The molecule has 2 aromatic carbocycles. The highest BCUT2D eigenvalue weighted by molar-refractivity contribution is 5.94. The number of fused-ring (bicyclic) bond motifs is 1. The summed E-state index contributed by atoms with van der Waals surface area (Å²) < 4.78 is 0. The van der Waals surface area contributed by atoms with E-state index in [1.807, 2.05) is 80.3 Å². The number of nitrogens with one attached hydrogen (secondary N) is 1. The van der Waals surface area contributed by atoms with E-state index in [2.05, 4.69) is 20.3 Å². The van der Waals surface area contributed by atoms with Crippen molar-refractivity contribution in [2.75, 3.05) is 16.8 Å². The van der Waals surface area contributed by atoms with Crippen LogP contribution >= 0.6 is 0 Å². The van der Waals surface area contributed by atoms with Gasteiger partial charge in [0.25, 0.3) is 0 Å². The Hall–Kier alpha value is -4.07. The third kappa shape index (κ3) is 4.00. The quantitative estimate of drug-likeness (QED) is 0.331. The highest BCUT2D eigenvalue weighted by atomic mass is 16.6. The van der Waals surface area contributed by atoms with Crippen LogP contribution in [0.15, 0.2) is 60.9 Å². The monoisotopic (exact) mass is 414 g/mol. The van der Waals surface area contributed by atoms with Crippen LogP contribution in [0.25, 0.3) is 10.9 Å². The Labute approximate surface area is 179 Å². The van der Waals surface area contributed by atoms with Crippen molar-refractivity contribution in [2.24, 2.45) is 0 Å². The van der Waals surface area contributed by atoms with E-state index in [4.69, 9.17) is 0 Å². The van der Waals surface area contributed by atoms with E-state index in [9.17, 15) is 10.1 Å². The molecule has 1 N–H and O–H groups in total. The van der Waals surface area contributed by atoms with Gasteiger partial charge in [-0.1, -0.05) is 18.2 Å². The van der Waals surface area contributed by atoms with Gasteiger partial charge in [-0.2, -0.15) is 0 Å². The molecule has 8 nitrogen and oxygen atoms in total. The van der Waals surface area contributed by atoms with Crippen LogP contribution in [0, 0.1) is 24.0 Å². The standard InChI is InChI=1S/C23H22N6O2/c1-4-28(17-8-5-7-15(2)13-17)23-21(29(30)31)22(24-14-25-23)27-20-10-6-9-19-18(20)12-11-16(3)26-19/h5-14H,4H2,1-3H3,(H,24,25,27).